The Labute approximate surface area is 81.0 Å². The average Bonchev–Trinajstić information content (AvgIpc) is 2.00. The van der Waals surface area contributed by atoms with E-state index in [-0.39, 0.29) is 20.5 Å². The number of hydrogen-bond acceptors (Lipinski definition) is 1. The highest BCUT2D eigenvalue weighted by atomic mass is 28.2. The van der Waals surface area contributed by atoms with Crippen LogP contribution in [0.2, 0.25) is 0 Å². The van der Waals surface area contributed by atoms with E-state index < -0.39 is 0 Å². The van der Waals surface area contributed by atoms with Gasteiger partial charge < -0.3 is 5.73 Å². The number of hydrogen-bond donors (Lipinski definition) is 1. The summed E-state index contributed by atoms with van der Waals surface area (Å²) in [6.45, 7) is 4.08. The van der Waals surface area contributed by atoms with Gasteiger partial charge in [-0.2, -0.15) is 0 Å². The maximum Gasteiger partial charge on any atom is 0.123 e. The fourth-order valence-corrected chi connectivity index (χ4v) is 2.40. The highest BCUT2D eigenvalue weighted by molar-refractivity contribution is 6.39. The topological polar surface area (TPSA) is 26.0 Å². The summed E-state index contributed by atoms with van der Waals surface area (Å²) in [6.07, 6.45) is 0. The Kier molecular flexibility index (Phi) is 3.22. The molecule has 2 N–H and O–H groups in total. The lowest BCUT2D eigenvalue weighted by molar-refractivity contribution is 0.626. The Balaban J connectivity index is 2.55. The van der Waals surface area contributed by atoms with Gasteiger partial charge in [0.25, 0.3) is 0 Å². The lowest BCUT2D eigenvalue weighted by atomic mass is 10.2. The van der Waals surface area contributed by atoms with Crippen LogP contribution >= 0.6 is 0 Å². The van der Waals surface area contributed by atoms with E-state index in [4.69, 9.17) is 5.73 Å². The highest BCUT2D eigenvalue weighted by Gasteiger charge is 2.10. The van der Waals surface area contributed by atoms with E-state index in [0.717, 1.165) is 11.6 Å². The Hall–Kier alpha value is -0.673. The number of benzene rings is 1. The van der Waals surface area contributed by atoms with Gasteiger partial charge in [0.05, 0.1) is 0 Å². The van der Waals surface area contributed by atoms with Gasteiger partial charge in [-0.15, -0.1) is 0 Å². The summed E-state index contributed by atoms with van der Waals surface area (Å²) in [5.41, 5.74) is 6.96. The quantitative estimate of drug-likeness (QED) is 0.724. The summed E-state index contributed by atoms with van der Waals surface area (Å²) in [6, 6.07) is 7.75. The van der Waals surface area contributed by atoms with Gasteiger partial charge >= 0.3 is 0 Å². The number of halogens is 1. The summed E-state index contributed by atoms with van der Waals surface area (Å²) in [5, 5.41) is -0.0354. The largest absolute Gasteiger partial charge is 0.329 e. The van der Waals surface area contributed by atoms with Gasteiger partial charge in [0.15, 0.2) is 0 Å². The third-order valence-corrected chi connectivity index (χ3v) is 4.06. The highest BCUT2D eigenvalue weighted by Crippen LogP contribution is 2.05. The molecule has 72 valence electrons. The van der Waals surface area contributed by atoms with E-state index in [0.29, 0.717) is 0 Å². The molecule has 0 fully saturated rings. The third-order valence-electron chi connectivity index (χ3n) is 1.95. The Morgan fingerprint density at radius 1 is 1.46 bits per heavy atom. The molecule has 0 aliphatic heterocycles. The van der Waals surface area contributed by atoms with E-state index in [1.54, 1.807) is 12.1 Å². The molecule has 0 saturated carbocycles. The summed E-state index contributed by atoms with van der Waals surface area (Å²) < 4.78 is 12.8. The van der Waals surface area contributed by atoms with Crippen LogP contribution in [0, 0.1) is 5.82 Å². The minimum atomic E-state index is -0.354. The maximum absolute atomic E-state index is 12.8. The van der Waals surface area contributed by atoms with Gasteiger partial charge in [-0.05, 0) is 28.9 Å². The van der Waals surface area contributed by atoms with Crippen molar-refractivity contribution in [3.63, 3.8) is 0 Å². The summed E-state index contributed by atoms with van der Waals surface area (Å²) in [7, 11) is -0.354. The number of rotatable bonds is 3. The second-order valence-electron chi connectivity index (χ2n) is 4.12. The fraction of sp³-hybridized carbons (Fsp3) is 0.400. The predicted octanol–water partition coefficient (Wildman–Crippen LogP) is 1.19. The SMILES string of the molecule is CC(C)(N)[SiH2]Cc1cccc(F)c1. The zero-order chi connectivity index (χ0) is 9.90. The minimum absolute atomic E-state index is 0.0354. The van der Waals surface area contributed by atoms with Crippen LogP contribution in [0.25, 0.3) is 0 Å². The van der Waals surface area contributed by atoms with Crippen LogP contribution in [0.4, 0.5) is 4.39 Å². The zero-order valence-corrected chi connectivity index (χ0v) is 9.59. The molecule has 0 heterocycles. The monoisotopic (exact) mass is 197 g/mol. The van der Waals surface area contributed by atoms with Gasteiger partial charge in [0.1, 0.15) is 5.82 Å². The van der Waals surface area contributed by atoms with Gasteiger partial charge in [-0.25, -0.2) is 4.39 Å². The molecule has 0 bridgehead atoms. The van der Waals surface area contributed by atoms with E-state index in [1.165, 1.54) is 6.07 Å². The molecular weight excluding hydrogens is 181 g/mol. The first kappa shape index (κ1) is 10.4. The van der Waals surface area contributed by atoms with E-state index in [1.807, 2.05) is 19.9 Å². The van der Waals surface area contributed by atoms with Crippen LogP contribution in [-0.4, -0.2) is 14.7 Å². The fourth-order valence-electron chi connectivity index (χ4n) is 1.16. The molecule has 0 saturated heterocycles. The lowest BCUT2D eigenvalue weighted by Gasteiger charge is -2.17. The van der Waals surface area contributed by atoms with Crippen LogP contribution in [0.5, 0.6) is 0 Å². The van der Waals surface area contributed by atoms with Gasteiger partial charge in [0.2, 0.25) is 0 Å². The molecule has 0 radical (unpaired) electrons. The Bertz CT molecular complexity index is 280. The van der Waals surface area contributed by atoms with Crippen molar-refractivity contribution < 1.29 is 4.39 Å². The van der Waals surface area contributed by atoms with E-state index in [2.05, 4.69) is 0 Å². The van der Waals surface area contributed by atoms with Gasteiger partial charge in [-0.1, -0.05) is 26.0 Å². The van der Waals surface area contributed by atoms with Crippen molar-refractivity contribution in [1.82, 2.24) is 0 Å². The number of nitrogens with two attached hydrogens (primary N) is 1. The van der Waals surface area contributed by atoms with Crippen LogP contribution in [0.1, 0.15) is 19.4 Å². The normalized spacial score (nSPS) is 12.6. The average molecular weight is 197 g/mol. The molecular formula is C10H16FNSi. The van der Waals surface area contributed by atoms with Crippen molar-refractivity contribution in [2.24, 2.45) is 5.73 Å². The molecule has 0 aliphatic rings. The van der Waals surface area contributed by atoms with Crippen molar-refractivity contribution in [2.75, 3.05) is 0 Å². The molecule has 0 spiro atoms. The van der Waals surface area contributed by atoms with Crippen molar-refractivity contribution in [1.29, 1.82) is 0 Å². The van der Waals surface area contributed by atoms with E-state index >= 15 is 0 Å². The van der Waals surface area contributed by atoms with Crippen LogP contribution < -0.4 is 5.73 Å². The molecule has 1 aromatic carbocycles. The summed E-state index contributed by atoms with van der Waals surface area (Å²) in [4.78, 5) is 0. The van der Waals surface area contributed by atoms with Crippen molar-refractivity contribution in [3.8, 4) is 0 Å². The molecule has 0 atom stereocenters. The second-order valence-corrected chi connectivity index (χ2v) is 6.94. The maximum atomic E-state index is 12.8. The molecule has 0 unspecified atom stereocenters. The van der Waals surface area contributed by atoms with Crippen molar-refractivity contribution >= 4 is 9.52 Å². The van der Waals surface area contributed by atoms with Crippen molar-refractivity contribution in [3.05, 3.63) is 35.6 Å². The van der Waals surface area contributed by atoms with Crippen molar-refractivity contribution in [2.45, 2.75) is 25.1 Å². The minimum Gasteiger partial charge on any atom is -0.329 e. The zero-order valence-electron chi connectivity index (χ0n) is 8.18. The van der Waals surface area contributed by atoms with Gasteiger partial charge in [0, 0.05) is 9.52 Å². The standard InChI is InChI=1S/C10H16FNSi/c1-10(2,12)13-7-8-4-3-5-9(11)6-8/h3-6H,7,12-13H2,1-2H3. The van der Waals surface area contributed by atoms with Crippen LogP contribution in [-0.2, 0) is 6.04 Å². The smallest absolute Gasteiger partial charge is 0.123 e. The Morgan fingerprint density at radius 3 is 2.69 bits per heavy atom. The Morgan fingerprint density at radius 2 is 2.15 bits per heavy atom. The molecule has 3 heteroatoms. The van der Waals surface area contributed by atoms with Crippen LogP contribution in [0.15, 0.2) is 24.3 Å². The summed E-state index contributed by atoms with van der Waals surface area (Å²) >= 11 is 0. The molecule has 1 rings (SSSR count). The van der Waals surface area contributed by atoms with E-state index in [9.17, 15) is 4.39 Å². The van der Waals surface area contributed by atoms with Crippen LogP contribution in [0.3, 0.4) is 0 Å². The molecule has 0 aliphatic carbocycles. The first-order chi connectivity index (χ1) is 5.97. The molecule has 1 nitrogen and oxygen atoms in total. The molecule has 0 amide bonds. The lowest BCUT2D eigenvalue weighted by Crippen LogP contribution is -2.40. The molecule has 13 heavy (non-hydrogen) atoms. The third kappa shape index (κ3) is 4.19. The first-order valence-corrected chi connectivity index (χ1v) is 6.21. The summed E-state index contributed by atoms with van der Waals surface area (Å²) in [5.74, 6) is -0.152. The predicted molar refractivity (Wildman–Crippen MR) is 56.9 cm³/mol. The second kappa shape index (κ2) is 4.02. The molecule has 0 aromatic heterocycles. The molecule has 1 aromatic rings. The first-order valence-electron chi connectivity index (χ1n) is 4.51. The van der Waals surface area contributed by atoms with Gasteiger partial charge in [-0.3, -0.25) is 0 Å².